The molecule has 0 radical (unpaired) electrons. The molecule has 2 unspecified atom stereocenters. The quantitative estimate of drug-likeness (QED) is 0.800. The Bertz CT molecular complexity index is 645. The highest BCUT2D eigenvalue weighted by molar-refractivity contribution is 7.92. The van der Waals surface area contributed by atoms with E-state index in [1.807, 2.05) is 19.1 Å². The molecule has 2 aliphatic heterocycles. The third-order valence-electron chi connectivity index (χ3n) is 4.88. The zero-order chi connectivity index (χ0) is 15.7. The van der Waals surface area contributed by atoms with Crippen LogP contribution in [-0.2, 0) is 9.84 Å². The normalized spacial score (nSPS) is 29.8. The average molecular weight is 322 g/mol. The molecule has 2 bridgehead atoms. The maximum absolute atomic E-state index is 12.7. The van der Waals surface area contributed by atoms with Crippen molar-refractivity contribution in [3.63, 3.8) is 0 Å². The Morgan fingerprint density at radius 2 is 1.91 bits per heavy atom. The molecule has 2 saturated heterocycles. The van der Waals surface area contributed by atoms with E-state index in [-0.39, 0.29) is 22.2 Å². The highest BCUT2D eigenvalue weighted by Crippen LogP contribution is 2.40. The van der Waals surface area contributed by atoms with Crippen molar-refractivity contribution in [2.24, 2.45) is 5.92 Å². The lowest BCUT2D eigenvalue weighted by molar-refractivity contribution is 0.0893. The second-order valence-electron chi connectivity index (χ2n) is 6.26. The molecule has 0 N–H and O–H groups in total. The zero-order valence-corrected chi connectivity index (χ0v) is 13.6. The maximum atomic E-state index is 12.7. The molecule has 1 aromatic rings. The van der Waals surface area contributed by atoms with Gasteiger partial charge in [0.25, 0.3) is 0 Å². The van der Waals surface area contributed by atoms with Gasteiger partial charge in [-0.2, -0.15) is 0 Å². The highest BCUT2D eigenvalue weighted by atomic mass is 32.2. The van der Waals surface area contributed by atoms with Crippen molar-refractivity contribution < 1.29 is 17.9 Å². The van der Waals surface area contributed by atoms with Crippen molar-refractivity contribution in [3.05, 3.63) is 29.8 Å². The average Bonchev–Trinajstić information content (AvgIpc) is 2.46. The summed E-state index contributed by atoms with van der Waals surface area (Å²) in [6.07, 6.45) is 3.35. The minimum atomic E-state index is -3.01. The van der Waals surface area contributed by atoms with Crippen LogP contribution in [0.5, 0.6) is 5.75 Å². The van der Waals surface area contributed by atoms with Crippen molar-refractivity contribution in [2.75, 3.05) is 6.61 Å². The third kappa shape index (κ3) is 2.78. The van der Waals surface area contributed by atoms with Gasteiger partial charge >= 0.3 is 0 Å². The van der Waals surface area contributed by atoms with E-state index in [2.05, 4.69) is 0 Å². The van der Waals surface area contributed by atoms with Gasteiger partial charge in [-0.3, -0.25) is 4.79 Å². The molecule has 0 spiro atoms. The van der Waals surface area contributed by atoms with E-state index in [1.54, 1.807) is 12.1 Å². The molecule has 0 amide bonds. The molecule has 120 valence electrons. The van der Waals surface area contributed by atoms with Crippen LogP contribution in [0.2, 0.25) is 0 Å². The van der Waals surface area contributed by atoms with Gasteiger partial charge in [0.2, 0.25) is 0 Å². The summed E-state index contributed by atoms with van der Waals surface area (Å²) in [5.41, 5.74) is 0.633. The lowest BCUT2D eigenvalue weighted by Gasteiger charge is -2.38. The van der Waals surface area contributed by atoms with E-state index in [9.17, 15) is 13.2 Å². The van der Waals surface area contributed by atoms with E-state index >= 15 is 0 Å². The second kappa shape index (κ2) is 6.03. The fourth-order valence-electron chi connectivity index (χ4n) is 3.76. The number of hydrogen-bond acceptors (Lipinski definition) is 4. The first kappa shape index (κ1) is 15.5. The van der Waals surface area contributed by atoms with Crippen LogP contribution in [0.1, 0.15) is 49.4 Å². The van der Waals surface area contributed by atoms with Crippen LogP contribution in [0.15, 0.2) is 24.3 Å². The number of fused-ring (bicyclic) bond motifs is 2. The van der Waals surface area contributed by atoms with E-state index in [1.165, 1.54) is 0 Å². The monoisotopic (exact) mass is 322 g/mol. The molecule has 0 saturated carbocycles. The van der Waals surface area contributed by atoms with E-state index in [0.717, 1.165) is 6.42 Å². The first-order chi connectivity index (χ1) is 10.5. The molecule has 2 atom stereocenters. The predicted molar refractivity (Wildman–Crippen MR) is 85.0 cm³/mol. The van der Waals surface area contributed by atoms with E-state index in [4.69, 9.17) is 4.74 Å². The SMILES string of the molecule is CCOc1cccc(C(=O)C2CC3CCCC(C2)S3(=O)=O)c1. The van der Waals surface area contributed by atoms with Crippen LogP contribution < -0.4 is 4.74 Å². The molecule has 0 aromatic heterocycles. The van der Waals surface area contributed by atoms with Crippen LogP contribution in [0.4, 0.5) is 0 Å². The van der Waals surface area contributed by atoms with Crippen LogP contribution in [0.3, 0.4) is 0 Å². The lowest BCUT2D eigenvalue weighted by Crippen LogP contribution is -2.45. The van der Waals surface area contributed by atoms with Gasteiger partial charge in [0.05, 0.1) is 17.1 Å². The molecule has 5 heteroatoms. The van der Waals surface area contributed by atoms with E-state index in [0.29, 0.717) is 43.6 Å². The van der Waals surface area contributed by atoms with Crippen molar-refractivity contribution in [1.29, 1.82) is 0 Å². The maximum Gasteiger partial charge on any atom is 0.166 e. The Labute approximate surface area is 131 Å². The molecule has 1 aromatic carbocycles. The predicted octanol–water partition coefficient (Wildman–Crippen LogP) is 3.01. The minimum absolute atomic E-state index is 0.0633. The minimum Gasteiger partial charge on any atom is -0.494 e. The topological polar surface area (TPSA) is 60.4 Å². The van der Waals surface area contributed by atoms with Gasteiger partial charge in [0.15, 0.2) is 15.6 Å². The number of benzene rings is 1. The summed E-state index contributed by atoms with van der Waals surface area (Å²) in [4.78, 5) is 12.7. The summed E-state index contributed by atoms with van der Waals surface area (Å²) in [7, 11) is -3.01. The second-order valence-corrected chi connectivity index (χ2v) is 8.77. The Balaban J connectivity index is 1.80. The number of carbonyl (C=O) groups is 1. The van der Waals surface area contributed by atoms with Crippen LogP contribution in [-0.4, -0.2) is 31.3 Å². The summed E-state index contributed by atoms with van der Waals surface area (Å²) >= 11 is 0. The van der Waals surface area contributed by atoms with Gasteiger partial charge in [-0.25, -0.2) is 8.42 Å². The molecule has 2 aliphatic rings. The van der Waals surface area contributed by atoms with Gasteiger partial charge < -0.3 is 4.74 Å². The number of sulfone groups is 1. The number of ketones is 1. The summed E-state index contributed by atoms with van der Waals surface area (Å²) in [6.45, 7) is 2.46. The smallest absolute Gasteiger partial charge is 0.166 e. The summed E-state index contributed by atoms with van der Waals surface area (Å²) < 4.78 is 30.1. The highest BCUT2D eigenvalue weighted by Gasteiger charge is 2.46. The van der Waals surface area contributed by atoms with Gasteiger partial charge in [-0.15, -0.1) is 0 Å². The number of Topliss-reactive ketones (excluding diaryl/α,β-unsaturated/α-hetero) is 1. The molecule has 2 heterocycles. The van der Waals surface area contributed by atoms with Crippen molar-refractivity contribution in [1.82, 2.24) is 0 Å². The number of carbonyl (C=O) groups excluding carboxylic acids is 1. The number of hydrogen-bond donors (Lipinski definition) is 0. The van der Waals surface area contributed by atoms with Gasteiger partial charge in [0, 0.05) is 11.5 Å². The number of ether oxygens (including phenoxy) is 1. The van der Waals surface area contributed by atoms with Crippen molar-refractivity contribution >= 4 is 15.6 Å². The van der Waals surface area contributed by atoms with Crippen molar-refractivity contribution in [3.8, 4) is 5.75 Å². The fraction of sp³-hybridized carbons (Fsp3) is 0.588. The van der Waals surface area contributed by atoms with Crippen LogP contribution in [0.25, 0.3) is 0 Å². The van der Waals surface area contributed by atoms with Crippen LogP contribution in [0, 0.1) is 5.92 Å². The first-order valence-electron chi connectivity index (χ1n) is 8.02. The zero-order valence-electron chi connectivity index (χ0n) is 12.8. The first-order valence-corrected chi connectivity index (χ1v) is 9.63. The molecule has 2 fully saturated rings. The fourth-order valence-corrected chi connectivity index (χ4v) is 6.30. The Morgan fingerprint density at radius 3 is 2.55 bits per heavy atom. The largest absolute Gasteiger partial charge is 0.494 e. The van der Waals surface area contributed by atoms with Gasteiger partial charge in [-0.05, 0) is 44.7 Å². The standard InChI is InChI=1S/C17H22O4S/c1-2-21-14-6-3-5-12(9-14)17(18)13-10-15-7-4-8-16(11-13)22(15,19)20/h3,5-6,9,13,15-16H,2,4,7-8,10-11H2,1H3. The summed E-state index contributed by atoms with van der Waals surface area (Å²) in [5.74, 6) is 0.584. The summed E-state index contributed by atoms with van der Waals surface area (Å²) in [6, 6.07) is 7.22. The third-order valence-corrected chi connectivity index (χ3v) is 7.59. The van der Waals surface area contributed by atoms with Crippen LogP contribution >= 0.6 is 0 Å². The Hall–Kier alpha value is -1.36. The Kier molecular flexibility index (Phi) is 4.26. The van der Waals surface area contributed by atoms with E-state index < -0.39 is 9.84 Å². The molecule has 3 rings (SSSR count). The Morgan fingerprint density at radius 1 is 1.23 bits per heavy atom. The summed E-state index contributed by atoms with van der Waals surface area (Å²) in [5, 5.41) is -0.631. The molecular weight excluding hydrogens is 300 g/mol. The molecule has 0 aliphatic carbocycles. The lowest BCUT2D eigenvalue weighted by atomic mass is 9.84. The van der Waals surface area contributed by atoms with Crippen molar-refractivity contribution in [2.45, 2.75) is 49.5 Å². The van der Waals surface area contributed by atoms with Gasteiger partial charge in [-0.1, -0.05) is 18.6 Å². The molecule has 22 heavy (non-hydrogen) atoms. The number of rotatable bonds is 4. The molecule has 4 nitrogen and oxygen atoms in total. The van der Waals surface area contributed by atoms with Gasteiger partial charge in [0.1, 0.15) is 5.75 Å². The molecular formula is C17H22O4S.